The molecular weight excluding hydrogens is 283 g/mol. The van der Waals surface area contributed by atoms with Gasteiger partial charge in [0.2, 0.25) is 0 Å². The first-order valence-corrected chi connectivity index (χ1v) is 5.45. The summed E-state index contributed by atoms with van der Waals surface area (Å²) in [5, 5.41) is -1.16. The Morgan fingerprint density at radius 1 is 0.556 bits per heavy atom. The number of rotatable bonds is 0. The molecular formula is C10H2Cl2N2O4. The van der Waals surface area contributed by atoms with Gasteiger partial charge in [0.15, 0.2) is 0 Å². The zero-order valence-corrected chi connectivity index (χ0v) is 9.90. The summed E-state index contributed by atoms with van der Waals surface area (Å²) in [6.45, 7) is 0. The van der Waals surface area contributed by atoms with Gasteiger partial charge in [-0.1, -0.05) is 23.2 Å². The Bertz CT molecular complexity index is 862. The molecule has 0 amide bonds. The highest BCUT2D eigenvalue weighted by molar-refractivity contribution is 6.47. The fraction of sp³-hybridized carbons (Fsp3) is 0. The molecule has 2 N–H and O–H groups in total. The summed E-state index contributed by atoms with van der Waals surface area (Å²) in [7, 11) is 0. The Labute approximate surface area is 106 Å². The molecule has 2 aromatic heterocycles. The van der Waals surface area contributed by atoms with Crippen LogP contribution in [-0.4, -0.2) is 9.97 Å². The highest BCUT2D eigenvalue weighted by Crippen LogP contribution is 2.32. The molecule has 0 saturated carbocycles. The van der Waals surface area contributed by atoms with E-state index in [1.165, 1.54) is 0 Å². The van der Waals surface area contributed by atoms with Gasteiger partial charge in [0.1, 0.15) is 0 Å². The first kappa shape index (κ1) is 11.2. The Morgan fingerprint density at radius 3 is 1.00 bits per heavy atom. The van der Waals surface area contributed by atoms with Gasteiger partial charge in [0.25, 0.3) is 22.2 Å². The van der Waals surface area contributed by atoms with Crippen LogP contribution in [0.15, 0.2) is 19.2 Å². The smallest absolute Gasteiger partial charge is 0.260 e. The van der Waals surface area contributed by atoms with Crippen LogP contribution in [-0.2, 0) is 0 Å². The molecule has 0 bridgehead atoms. The number of fused-ring (bicyclic) bond motifs is 2. The summed E-state index contributed by atoms with van der Waals surface area (Å²) in [5.41, 5.74) is -2.96. The third-order valence-corrected chi connectivity index (χ3v) is 3.50. The molecule has 0 saturated heterocycles. The number of hydrogen-bond acceptors (Lipinski definition) is 4. The van der Waals surface area contributed by atoms with Gasteiger partial charge in [-0.25, -0.2) is 0 Å². The second-order valence-electron chi connectivity index (χ2n) is 3.69. The van der Waals surface area contributed by atoms with Crippen molar-refractivity contribution in [2.45, 2.75) is 0 Å². The monoisotopic (exact) mass is 284 g/mol. The van der Waals surface area contributed by atoms with Gasteiger partial charge in [-0.3, -0.25) is 29.1 Å². The first-order chi connectivity index (χ1) is 8.43. The number of aromatic nitrogens is 2. The van der Waals surface area contributed by atoms with Crippen LogP contribution in [0.3, 0.4) is 0 Å². The second kappa shape index (κ2) is 3.30. The summed E-state index contributed by atoms with van der Waals surface area (Å²) >= 11 is 11.8. The van der Waals surface area contributed by atoms with E-state index in [9.17, 15) is 19.2 Å². The van der Waals surface area contributed by atoms with Crippen molar-refractivity contribution in [1.82, 2.24) is 9.97 Å². The van der Waals surface area contributed by atoms with Gasteiger partial charge in [0.05, 0.1) is 31.6 Å². The molecule has 18 heavy (non-hydrogen) atoms. The lowest BCUT2D eigenvalue weighted by Gasteiger charge is -1.97. The van der Waals surface area contributed by atoms with E-state index < -0.39 is 22.2 Å². The molecule has 2 heterocycles. The van der Waals surface area contributed by atoms with Crippen LogP contribution in [0.5, 0.6) is 0 Å². The fourth-order valence-corrected chi connectivity index (χ4v) is 2.72. The SMILES string of the molecule is O=c1[nH]c(=O)c2c(Cl)c3c(=O)[nH]c(=O)c3c(Cl)c12. The van der Waals surface area contributed by atoms with Gasteiger partial charge in [-0.2, -0.15) is 0 Å². The molecule has 0 spiro atoms. The fourth-order valence-electron chi connectivity index (χ4n) is 2.00. The summed E-state index contributed by atoms with van der Waals surface area (Å²) < 4.78 is 0. The summed E-state index contributed by atoms with van der Waals surface area (Å²) in [4.78, 5) is 50.2. The van der Waals surface area contributed by atoms with Crippen LogP contribution in [0.4, 0.5) is 0 Å². The molecule has 0 fully saturated rings. The van der Waals surface area contributed by atoms with E-state index in [1.807, 2.05) is 9.97 Å². The van der Waals surface area contributed by atoms with Crippen molar-refractivity contribution in [3.8, 4) is 0 Å². The largest absolute Gasteiger partial charge is 0.288 e. The number of aromatic amines is 2. The third kappa shape index (κ3) is 1.13. The van der Waals surface area contributed by atoms with Crippen molar-refractivity contribution in [2.75, 3.05) is 0 Å². The maximum Gasteiger partial charge on any atom is 0.260 e. The minimum absolute atomic E-state index is 0.171. The third-order valence-electron chi connectivity index (χ3n) is 2.74. The van der Waals surface area contributed by atoms with Crippen molar-refractivity contribution in [2.24, 2.45) is 0 Å². The number of hydrogen-bond donors (Lipinski definition) is 2. The van der Waals surface area contributed by atoms with Crippen LogP contribution >= 0.6 is 23.2 Å². The van der Waals surface area contributed by atoms with Crippen LogP contribution in [0, 0.1) is 0 Å². The van der Waals surface area contributed by atoms with Crippen molar-refractivity contribution in [3.05, 3.63) is 51.5 Å². The first-order valence-electron chi connectivity index (χ1n) is 4.69. The molecule has 6 nitrogen and oxygen atoms in total. The highest BCUT2D eigenvalue weighted by atomic mass is 35.5. The standard InChI is InChI=1S/C10H2Cl2N2O4/c11-5-1-2(8(16)13-7(1)15)6(12)4-3(5)9(17)14-10(4)18/h(H,13,15,16)(H,14,17,18). The Balaban J connectivity index is 2.94. The zero-order valence-electron chi connectivity index (χ0n) is 8.39. The molecule has 90 valence electrons. The number of H-pyrrole nitrogens is 2. The van der Waals surface area contributed by atoms with E-state index in [4.69, 9.17) is 23.2 Å². The number of nitrogens with one attached hydrogen (secondary N) is 2. The lowest BCUT2D eigenvalue weighted by molar-refractivity contribution is 1.26. The van der Waals surface area contributed by atoms with E-state index >= 15 is 0 Å². The average molecular weight is 285 g/mol. The normalized spacial score (nSPS) is 11.7. The number of benzene rings is 1. The zero-order chi connectivity index (χ0) is 13.2. The van der Waals surface area contributed by atoms with Crippen molar-refractivity contribution < 1.29 is 0 Å². The average Bonchev–Trinajstić information content (AvgIpc) is 2.73. The van der Waals surface area contributed by atoms with E-state index in [2.05, 4.69) is 0 Å². The second-order valence-corrected chi connectivity index (χ2v) is 4.45. The summed E-state index contributed by atoms with van der Waals surface area (Å²) in [5.74, 6) is 0. The maximum atomic E-state index is 11.5. The molecule has 1 aromatic carbocycles. The topological polar surface area (TPSA) is 99.9 Å². The van der Waals surface area contributed by atoms with Crippen LogP contribution < -0.4 is 22.2 Å². The molecule has 8 heteroatoms. The van der Waals surface area contributed by atoms with E-state index in [0.29, 0.717) is 0 Å². The molecule has 3 aromatic rings. The lowest BCUT2D eigenvalue weighted by Crippen LogP contribution is -2.07. The molecule has 0 radical (unpaired) electrons. The Hall–Kier alpha value is -1.92. The van der Waals surface area contributed by atoms with Crippen LogP contribution in [0.2, 0.25) is 10.0 Å². The molecule has 0 aliphatic carbocycles. The molecule has 0 unspecified atom stereocenters. The minimum Gasteiger partial charge on any atom is -0.288 e. The molecule has 0 atom stereocenters. The van der Waals surface area contributed by atoms with Gasteiger partial charge < -0.3 is 0 Å². The molecule has 3 rings (SSSR count). The van der Waals surface area contributed by atoms with Gasteiger partial charge >= 0.3 is 0 Å². The van der Waals surface area contributed by atoms with E-state index in [1.54, 1.807) is 0 Å². The Morgan fingerprint density at radius 2 is 0.778 bits per heavy atom. The van der Waals surface area contributed by atoms with Crippen LogP contribution in [0.25, 0.3) is 21.5 Å². The summed E-state index contributed by atoms with van der Waals surface area (Å²) in [6.07, 6.45) is 0. The van der Waals surface area contributed by atoms with Gasteiger partial charge in [0, 0.05) is 0 Å². The lowest BCUT2D eigenvalue weighted by atomic mass is 10.1. The predicted molar refractivity (Wildman–Crippen MR) is 67.6 cm³/mol. The minimum atomic E-state index is -0.739. The molecule has 0 aliphatic rings. The van der Waals surface area contributed by atoms with Gasteiger partial charge in [-0.15, -0.1) is 0 Å². The van der Waals surface area contributed by atoms with Crippen LogP contribution in [0.1, 0.15) is 0 Å². The maximum absolute atomic E-state index is 11.5. The van der Waals surface area contributed by atoms with Gasteiger partial charge in [-0.05, 0) is 0 Å². The van der Waals surface area contributed by atoms with E-state index in [0.717, 1.165) is 0 Å². The van der Waals surface area contributed by atoms with E-state index in [-0.39, 0.29) is 31.6 Å². The predicted octanol–water partition coefficient (Wildman–Crippen LogP) is 0.272. The Kier molecular flexibility index (Phi) is 2.05. The van der Waals surface area contributed by atoms with Crippen molar-refractivity contribution in [3.63, 3.8) is 0 Å². The molecule has 0 aliphatic heterocycles. The quantitative estimate of drug-likeness (QED) is 0.619. The number of halogens is 2. The summed E-state index contributed by atoms with van der Waals surface area (Å²) in [6, 6.07) is 0. The van der Waals surface area contributed by atoms with Crippen molar-refractivity contribution in [1.29, 1.82) is 0 Å². The van der Waals surface area contributed by atoms with Crippen molar-refractivity contribution >= 4 is 44.7 Å². The highest BCUT2D eigenvalue weighted by Gasteiger charge is 2.23.